The summed E-state index contributed by atoms with van der Waals surface area (Å²) < 4.78 is 4.82. The van der Waals surface area contributed by atoms with Crippen molar-refractivity contribution in [2.45, 2.75) is 26.2 Å². The van der Waals surface area contributed by atoms with Crippen molar-refractivity contribution in [2.75, 3.05) is 32.1 Å². The van der Waals surface area contributed by atoms with E-state index in [1.807, 2.05) is 0 Å². The van der Waals surface area contributed by atoms with E-state index in [1.54, 1.807) is 18.2 Å². The number of halogens is 1. The Labute approximate surface area is 157 Å². The van der Waals surface area contributed by atoms with Crippen molar-refractivity contribution in [1.82, 2.24) is 9.88 Å². The molecule has 6 nitrogen and oxygen atoms in total. The molecule has 1 aliphatic heterocycles. The molecule has 1 fully saturated rings. The van der Waals surface area contributed by atoms with Crippen LogP contribution in [0.4, 0.5) is 5.69 Å². The Morgan fingerprint density at radius 3 is 2.96 bits per heavy atom. The number of aromatic amines is 1. The van der Waals surface area contributed by atoms with Gasteiger partial charge in [-0.2, -0.15) is 0 Å². The molecule has 1 amide bonds. The van der Waals surface area contributed by atoms with Crippen molar-refractivity contribution < 1.29 is 14.3 Å². The number of carbonyl (C=O) groups is 2. The SMILES string of the molecule is COC(=O)c1[nH]c2ccc(Cl)cc2c1NC(=O)CCN1CCC[C@@H](C)C1. The van der Waals surface area contributed by atoms with Crippen LogP contribution >= 0.6 is 11.6 Å². The summed E-state index contributed by atoms with van der Waals surface area (Å²) in [6.45, 7) is 5.02. The lowest BCUT2D eigenvalue weighted by Crippen LogP contribution is -2.36. The topological polar surface area (TPSA) is 74.4 Å². The molecule has 7 heteroatoms. The number of piperidine rings is 1. The largest absolute Gasteiger partial charge is 0.464 e. The first-order valence-corrected chi connectivity index (χ1v) is 9.27. The molecule has 0 saturated carbocycles. The number of amides is 1. The Morgan fingerprint density at radius 1 is 1.42 bits per heavy atom. The van der Waals surface area contributed by atoms with Gasteiger partial charge in [-0.25, -0.2) is 4.79 Å². The fourth-order valence-corrected chi connectivity index (χ4v) is 3.67. The average molecular weight is 378 g/mol. The molecule has 140 valence electrons. The number of ether oxygens (including phenoxy) is 1. The summed E-state index contributed by atoms with van der Waals surface area (Å²) in [6, 6.07) is 5.22. The van der Waals surface area contributed by atoms with Gasteiger partial charge in [0.1, 0.15) is 5.69 Å². The number of benzene rings is 1. The smallest absolute Gasteiger partial charge is 0.356 e. The highest BCUT2D eigenvalue weighted by Crippen LogP contribution is 2.30. The lowest BCUT2D eigenvalue weighted by atomic mass is 10.0. The number of likely N-dealkylation sites (tertiary alicyclic amines) is 1. The minimum absolute atomic E-state index is 0.130. The molecular weight excluding hydrogens is 354 g/mol. The number of nitrogens with zero attached hydrogens (tertiary/aromatic N) is 1. The predicted molar refractivity (Wildman–Crippen MR) is 103 cm³/mol. The molecule has 1 atom stereocenters. The second-order valence-corrected chi connectivity index (χ2v) is 7.34. The summed E-state index contributed by atoms with van der Waals surface area (Å²) in [4.78, 5) is 29.9. The molecule has 1 aliphatic rings. The molecule has 0 aliphatic carbocycles. The first-order valence-electron chi connectivity index (χ1n) is 8.89. The summed E-state index contributed by atoms with van der Waals surface area (Å²) in [5, 5.41) is 4.10. The third kappa shape index (κ3) is 4.19. The minimum atomic E-state index is -0.530. The molecular formula is C19H24ClN3O3. The van der Waals surface area contributed by atoms with Crippen molar-refractivity contribution in [2.24, 2.45) is 5.92 Å². The van der Waals surface area contributed by atoms with Crippen LogP contribution in [0.5, 0.6) is 0 Å². The molecule has 2 N–H and O–H groups in total. The lowest BCUT2D eigenvalue weighted by molar-refractivity contribution is -0.116. The zero-order valence-corrected chi connectivity index (χ0v) is 15.9. The highest BCUT2D eigenvalue weighted by Gasteiger charge is 2.21. The van der Waals surface area contributed by atoms with Crippen molar-refractivity contribution in [1.29, 1.82) is 0 Å². The molecule has 3 rings (SSSR count). The Balaban J connectivity index is 1.75. The van der Waals surface area contributed by atoms with Crippen LogP contribution in [0.2, 0.25) is 5.02 Å². The highest BCUT2D eigenvalue weighted by atomic mass is 35.5. The molecule has 0 spiro atoms. The fraction of sp³-hybridized carbons (Fsp3) is 0.474. The van der Waals surface area contributed by atoms with Gasteiger partial charge in [-0.3, -0.25) is 4.79 Å². The zero-order chi connectivity index (χ0) is 18.7. The third-order valence-corrected chi connectivity index (χ3v) is 5.05. The lowest BCUT2D eigenvalue weighted by Gasteiger charge is -2.30. The van der Waals surface area contributed by atoms with Gasteiger partial charge in [0.2, 0.25) is 5.91 Å². The van der Waals surface area contributed by atoms with Gasteiger partial charge in [0, 0.05) is 35.4 Å². The Bertz CT molecular complexity index is 818. The number of hydrogen-bond donors (Lipinski definition) is 2. The Kier molecular flexibility index (Phi) is 5.84. The number of nitrogens with one attached hydrogen (secondary N) is 2. The second-order valence-electron chi connectivity index (χ2n) is 6.90. The molecule has 1 aromatic carbocycles. The number of methoxy groups -OCH3 is 1. The molecule has 1 aromatic heterocycles. The first-order chi connectivity index (χ1) is 12.5. The van der Waals surface area contributed by atoms with E-state index in [0.717, 1.165) is 18.6 Å². The van der Waals surface area contributed by atoms with Gasteiger partial charge in [-0.1, -0.05) is 18.5 Å². The number of aromatic nitrogens is 1. The monoisotopic (exact) mass is 377 g/mol. The summed E-state index contributed by atoms with van der Waals surface area (Å²) in [5.74, 6) is 0.0141. The van der Waals surface area contributed by atoms with Gasteiger partial charge in [-0.15, -0.1) is 0 Å². The highest BCUT2D eigenvalue weighted by molar-refractivity contribution is 6.31. The summed E-state index contributed by atoms with van der Waals surface area (Å²) in [6.07, 6.45) is 2.80. The predicted octanol–water partition coefficient (Wildman–Crippen LogP) is 3.67. The summed E-state index contributed by atoms with van der Waals surface area (Å²) in [5.41, 5.74) is 1.37. The van der Waals surface area contributed by atoms with E-state index < -0.39 is 5.97 Å². The molecule has 2 heterocycles. The van der Waals surface area contributed by atoms with Crippen LogP contribution in [0.3, 0.4) is 0 Å². The van der Waals surface area contributed by atoms with Gasteiger partial charge < -0.3 is 19.9 Å². The minimum Gasteiger partial charge on any atom is -0.464 e. The summed E-state index contributed by atoms with van der Waals surface area (Å²) in [7, 11) is 1.31. The number of carbonyl (C=O) groups excluding carboxylic acids is 2. The number of rotatable bonds is 5. The molecule has 26 heavy (non-hydrogen) atoms. The van der Waals surface area contributed by atoms with Crippen LogP contribution in [0.25, 0.3) is 10.9 Å². The molecule has 2 aromatic rings. The Hall–Kier alpha value is -2.05. The van der Waals surface area contributed by atoms with Gasteiger partial charge in [0.25, 0.3) is 0 Å². The quantitative estimate of drug-likeness (QED) is 0.779. The van der Waals surface area contributed by atoms with Crippen molar-refractivity contribution in [3.8, 4) is 0 Å². The number of hydrogen-bond acceptors (Lipinski definition) is 4. The van der Waals surface area contributed by atoms with Crippen molar-refractivity contribution >= 4 is 40.1 Å². The van der Waals surface area contributed by atoms with Gasteiger partial charge in [0.15, 0.2) is 0 Å². The van der Waals surface area contributed by atoms with Crippen LogP contribution in [0.15, 0.2) is 18.2 Å². The molecule has 0 radical (unpaired) electrons. The van der Waals surface area contributed by atoms with E-state index in [1.165, 1.54) is 20.0 Å². The van der Waals surface area contributed by atoms with Crippen LogP contribution in [0.1, 0.15) is 36.7 Å². The van der Waals surface area contributed by atoms with E-state index in [-0.39, 0.29) is 11.6 Å². The molecule has 0 unspecified atom stereocenters. The van der Waals surface area contributed by atoms with E-state index in [0.29, 0.717) is 35.0 Å². The van der Waals surface area contributed by atoms with Crippen molar-refractivity contribution in [3.05, 3.63) is 28.9 Å². The van der Waals surface area contributed by atoms with Crippen molar-refractivity contribution in [3.63, 3.8) is 0 Å². The van der Waals surface area contributed by atoms with E-state index in [9.17, 15) is 9.59 Å². The summed E-state index contributed by atoms with van der Waals surface area (Å²) >= 11 is 6.08. The normalized spacial score (nSPS) is 18.0. The average Bonchev–Trinajstić information content (AvgIpc) is 2.97. The standard InChI is InChI=1S/C19H24ClN3O3/c1-12-4-3-8-23(11-12)9-7-16(24)22-17-14-10-13(20)5-6-15(14)21-18(17)19(25)26-2/h5-6,10,12,21H,3-4,7-9,11H2,1-2H3,(H,22,24)/t12-/m1/s1. The van der Waals surface area contributed by atoms with E-state index >= 15 is 0 Å². The maximum Gasteiger partial charge on any atom is 0.356 e. The van der Waals surface area contributed by atoms with Gasteiger partial charge in [0.05, 0.1) is 12.8 Å². The fourth-order valence-electron chi connectivity index (χ4n) is 3.50. The Morgan fingerprint density at radius 2 is 2.23 bits per heavy atom. The zero-order valence-electron chi connectivity index (χ0n) is 15.1. The van der Waals surface area contributed by atoms with Crippen LogP contribution in [-0.4, -0.2) is 48.5 Å². The number of esters is 1. The number of fused-ring (bicyclic) bond motifs is 1. The van der Waals surface area contributed by atoms with Crippen LogP contribution < -0.4 is 5.32 Å². The van der Waals surface area contributed by atoms with E-state index in [2.05, 4.69) is 22.1 Å². The van der Waals surface area contributed by atoms with Crippen LogP contribution in [0, 0.1) is 5.92 Å². The van der Waals surface area contributed by atoms with Gasteiger partial charge >= 0.3 is 5.97 Å². The molecule has 0 bridgehead atoms. The third-order valence-electron chi connectivity index (χ3n) is 4.81. The van der Waals surface area contributed by atoms with Gasteiger partial charge in [-0.05, 0) is 43.5 Å². The first kappa shape index (κ1) is 18.7. The van der Waals surface area contributed by atoms with E-state index in [4.69, 9.17) is 16.3 Å². The second kappa shape index (κ2) is 8.10. The number of anilines is 1. The maximum absolute atomic E-state index is 12.5. The number of H-pyrrole nitrogens is 1. The maximum atomic E-state index is 12.5. The molecule has 1 saturated heterocycles. The van der Waals surface area contributed by atoms with Crippen LogP contribution in [-0.2, 0) is 9.53 Å².